The Kier molecular flexibility index (Phi) is 4.62. The summed E-state index contributed by atoms with van der Waals surface area (Å²) >= 11 is 13.7. The number of nitrogens with zero attached hydrogens (tertiary/aromatic N) is 1. The fourth-order valence-electron chi connectivity index (χ4n) is 1.58. The standard InChI is InChI=1S/C13H10Cl2N2S/c14-9-3-4-12(15)11(6-9)13(7-16)17-8-10-2-1-5-18-10/h1-6,13,17H,8H2. The van der Waals surface area contributed by atoms with Crippen LogP contribution in [-0.4, -0.2) is 0 Å². The van der Waals surface area contributed by atoms with Crippen molar-refractivity contribution in [2.75, 3.05) is 0 Å². The molecule has 1 aromatic heterocycles. The average molecular weight is 297 g/mol. The molecule has 18 heavy (non-hydrogen) atoms. The van der Waals surface area contributed by atoms with E-state index in [2.05, 4.69) is 11.4 Å². The van der Waals surface area contributed by atoms with Gasteiger partial charge in [-0.15, -0.1) is 11.3 Å². The molecule has 2 aromatic rings. The number of nitriles is 1. The summed E-state index contributed by atoms with van der Waals surface area (Å²) < 4.78 is 0. The molecule has 0 radical (unpaired) electrons. The molecule has 92 valence electrons. The molecule has 0 spiro atoms. The average Bonchev–Trinajstić information content (AvgIpc) is 2.87. The van der Waals surface area contributed by atoms with Crippen molar-refractivity contribution < 1.29 is 0 Å². The van der Waals surface area contributed by atoms with Crippen molar-refractivity contribution >= 4 is 34.5 Å². The number of nitrogens with one attached hydrogen (secondary N) is 1. The lowest BCUT2D eigenvalue weighted by Crippen LogP contribution is -2.19. The Bertz CT molecular complexity index is 561. The molecule has 1 heterocycles. The largest absolute Gasteiger partial charge is 0.293 e. The minimum absolute atomic E-state index is 0.460. The van der Waals surface area contributed by atoms with Crippen LogP contribution in [0.1, 0.15) is 16.5 Å². The Morgan fingerprint density at radius 3 is 2.83 bits per heavy atom. The van der Waals surface area contributed by atoms with Crippen LogP contribution in [0.2, 0.25) is 10.0 Å². The second kappa shape index (κ2) is 6.21. The van der Waals surface area contributed by atoms with E-state index in [0.29, 0.717) is 22.2 Å². The number of hydrogen-bond donors (Lipinski definition) is 1. The van der Waals surface area contributed by atoms with Gasteiger partial charge in [0.05, 0.1) is 6.07 Å². The van der Waals surface area contributed by atoms with Crippen LogP contribution in [0.4, 0.5) is 0 Å². The Labute approximate surface area is 120 Å². The molecule has 0 amide bonds. The lowest BCUT2D eigenvalue weighted by Gasteiger charge is -2.13. The van der Waals surface area contributed by atoms with Crippen LogP contribution in [0.15, 0.2) is 35.7 Å². The van der Waals surface area contributed by atoms with Gasteiger partial charge >= 0.3 is 0 Å². The zero-order chi connectivity index (χ0) is 13.0. The molecule has 0 saturated carbocycles. The third-order valence-corrected chi connectivity index (χ3v) is 3.91. The summed E-state index contributed by atoms with van der Waals surface area (Å²) in [6, 6.07) is 10.9. The van der Waals surface area contributed by atoms with Crippen molar-refractivity contribution in [2.45, 2.75) is 12.6 Å². The fourth-order valence-corrected chi connectivity index (χ4v) is 2.64. The van der Waals surface area contributed by atoms with Crippen molar-refractivity contribution in [3.63, 3.8) is 0 Å². The molecule has 2 rings (SSSR count). The van der Waals surface area contributed by atoms with Gasteiger partial charge in [0.25, 0.3) is 0 Å². The predicted octanol–water partition coefficient (Wildman–Crippen LogP) is 4.41. The number of hydrogen-bond acceptors (Lipinski definition) is 3. The number of halogens is 2. The summed E-state index contributed by atoms with van der Waals surface area (Å²) in [4.78, 5) is 1.17. The first kappa shape index (κ1) is 13.4. The second-order valence-electron chi connectivity index (χ2n) is 3.69. The van der Waals surface area contributed by atoms with E-state index in [-0.39, 0.29) is 0 Å². The van der Waals surface area contributed by atoms with Crippen LogP contribution in [0, 0.1) is 11.3 Å². The maximum absolute atomic E-state index is 9.21. The van der Waals surface area contributed by atoms with Crippen LogP contribution < -0.4 is 5.32 Å². The molecule has 0 aliphatic rings. The van der Waals surface area contributed by atoms with Crippen LogP contribution >= 0.6 is 34.5 Å². The molecule has 2 nitrogen and oxygen atoms in total. The molecule has 0 aliphatic carbocycles. The van der Waals surface area contributed by atoms with Crippen molar-refractivity contribution in [1.29, 1.82) is 5.26 Å². The molecule has 0 saturated heterocycles. The van der Waals surface area contributed by atoms with Gasteiger partial charge in [-0.2, -0.15) is 5.26 Å². The van der Waals surface area contributed by atoms with Crippen LogP contribution in [0.5, 0.6) is 0 Å². The van der Waals surface area contributed by atoms with Gasteiger partial charge in [-0.25, -0.2) is 0 Å². The van der Waals surface area contributed by atoms with Crippen LogP contribution in [0.3, 0.4) is 0 Å². The van der Waals surface area contributed by atoms with Crippen molar-refractivity contribution in [3.8, 4) is 6.07 Å². The number of benzene rings is 1. The zero-order valence-electron chi connectivity index (χ0n) is 9.36. The van der Waals surface area contributed by atoms with E-state index in [1.54, 1.807) is 29.5 Å². The zero-order valence-corrected chi connectivity index (χ0v) is 11.7. The summed E-state index contributed by atoms with van der Waals surface area (Å²) in [5.74, 6) is 0. The fraction of sp³-hybridized carbons (Fsp3) is 0.154. The maximum Gasteiger partial charge on any atom is 0.123 e. The quantitative estimate of drug-likeness (QED) is 0.907. The van der Waals surface area contributed by atoms with E-state index in [1.807, 2.05) is 17.5 Å². The lowest BCUT2D eigenvalue weighted by molar-refractivity contribution is 0.636. The van der Waals surface area contributed by atoms with Gasteiger partial charge in [-0.1, -0.05) is 29.3 Å². The van der Waals surface area contributed by atoms with Crippen molar-refractivity contribution in [3.05, 3.63) is 56.2 Å². The minimum Gasteiger partial charge on any atom is -0.293 e. The Morgan fingerprint density at radius 2 is 2.17 bits per heavy atom. The summed E-state index contributed by atoms with van der Waals surface area (Å²) in [6.07, 6.45) is 0. The first-order chi connectivity index (χ1) is 8.70. The lowest BCUT2D eigenvalue weighted by atomic mass is 10.1. The molecule has 1 aromatic carbocycles. The highest BCUT2D eigenvalue weighted by molar-refractivity contribution is 7.09. The first-order valence-corrected chi connectivity index (χ1v) is 6.94. The van der Waals surface area contributed by atoms with E-state index >= 15 is 0 Å². The van der Waals surface area contributed by atoms with Gasteiger partial charge in [0, 0.05) is 27.0 Å². The maximum atomic E-state index is 9.21. The highest BCUT2D eigenvalue weighted by atomic mass is 35.5. The minimum atomic E-state index is -0.460. The van der Waals surface area contributed by atoms with Crippen molar-refractivity contribution in [2.24, 2.45) is 0 Å². The molecule has 1 N–H and O–H groups in total. The molecule has 5 heteroatoms. The van der Waals surface area contributed by atoms with Gasteiger partial charge in [0.1, 0.15) is 6.04 Å². The molecular weight excluding hydrogens is 287 g/mol. The highest BCUT2D eigenvalue weighted by Gasteiger charge is 2.14. The van der Waals surface area contributed by atoms with Crippen molar-refractivity contribution in [1.82, 2.24) is 5.32 Å². The van der Waals surface area contributed by atoms with Gasteiger partial charge in [0.15, 0.2) is 0 Å². The second-order valence-corrected chi connectivity index (χ2v) is 5.56. The first-order valence-electron chi connectivity index (χ1n) is 5.31. The van der Waals surface area contributed by atoms with Gasteiger partial charge < -0.3 is 0 Å². The predicted molar refractivity (Wildman–Crippen MR) is 76.0 cm³/mol. The Hall–Kier alpha value is -1.05. The van der Waals surface area contributed by atoms with E-state index < -0.39 is 6.04 Å². The van der Waals surface area contributed by atoms with Gasteiger partial charge in [0.2, 0.25) is 0 Å². The van der Waals surface area contributed by atoms with E-state index in [9.17, 15) is 5.26 Å². The van der Waals surface area contributed by atoms with Gasteiger partial charge in [-0.3, -0.25) is 5.32 Å². The summed E-state index contributed by atoms with van der Waals surface area (Å²) in [7, 11) is 0. The van der Waals surface area contributed by atoms with Crippen LogP contribution in [0.25, 0.3) is 0 Å². The Balaban J connectivity index is 2.13. The monoisotopic (exact) mass is 296 g/mol. The third-order valence-electron chi connectivity index (χ3n) is 2.46. The number of thiophene rings is 1. The topological polar surface area (TPSA) is 35.8 Å². The summed E-state index contributed by atoms with van der Waals surface area (Å²) in [6.45, 7) is 0.638. The molecule has 0 bridgehead atoms. The number of rotatable bonds is 4. The Morgan fingerprint density at radius 1 is 1.33 bits per heavy atom. The van der Waals surface area contributed by atoms with E-state index in [0.717, 1.165) is 0 Å². The van der Waals surface area contributed by atoms with E-state index in [4.69, 9.17) is 23.2 Å². The molecule has 0 aliphatic heterocycles. The highest BCUT2D eigenvalue weighted by Crippen LogP contribution is 2.26. The SMILES string of the molecule is N#CC(NCc1cccs1)c1cc(Cl)ccc1Cl. The molecule has 1 atom stereocenters. The normalized spacial score (nSPS) is 12.1. The van der Waals surface area contributed by atoms with Crippen LogP contribution in [-0.2, 0) is 6.54 Å². The summed E-state index contributed by atoms with van der Waals surface area (Å²) in [5, 5.41) is 15.5. The smallest absolute Gasteiger partial charge is 0.123 e. The third kappa shape index (κ3) is 3.24. The molecule has 1 unspecified atom stereocenters. The van der Waals surface area contributed by atoms with E-state index in [1.165, 1.54) is 4.88 Å². The van der Waals surface area contributed by atoms with Gasteiger partial charge in [-0.05, 0) is 29.6 Å². The summed E-state index contributed by atoms with van der Waals surface area (Å²) in [5.41, 5.74) is 0.711. The molecule has 0 fully saturated rings. The molecular formula is C13H10Cl2N2S.